The number of carboxylic acids is 1. The summed E-state index contributed by atoms with van der Waals surface area (Å²) in [6, 6.07) is 6.27. The molecule has 1 atom stereocenters. The molecule has 0 radical (unpaired) electrons. The molecular weight excluding hydrogens is 234 g/mol. The van der Waals surface area contributed by atoms with Gasteiger partial charge in [-0.1, -0.05) is 12.1 Å². The lowest BCUT2D eigenvalue weighted by molar-refractivity contribution is -0.140. The molecule has 0 bridgehead atoms. The summed E-state index contributed by atoms with van der Waals surface area (Å²) in [6.07, 6.45) is 2.88. The summed E-state index contributed by atoms with van der Waals surface area (Å²) in [5.41, 5.74) is 0.799. The fourth-order valence-electron chi connectivity index (χ4n) is 1.24. The van der Waals surface area contributed by atoms with E-state index in [1.54, 1.807) is 31.4 Å². The highest BCUT2D eigenvalue weighted by molar-refractivity contribution is 5.94. The second-order valence-electron chi connectivity index (χ2n) is 3.68. The van der Waals surface area contributed by atoms with Crippen molar-refractivity contribution in [3.8, 4) is 5.75 Å². The molecule has 0 heterocycles. The summed E-state index contributed by atoms with van der Waals surface area (Å²) in [6.45, 7) is 1.40. The van der Waals surface area contributed by atoms with Crippen LogP contribution in [-0.4, -0.2) is 30.1 Å². The minimum Gasteiger partial charge on any atom is -0.497 e. The average molecular weight is 249 g/mol. The van der Waals surface area contributed by atoms with E-state index < -0.39 is 17.9 Å². The number of carbonyl (C=O) groups is 2. The third kappa shape index (κ3) is 4.29. The Morgan fingerprint density at radius 2 is 2.17 bits per heavy atom. The summed E-state index contributed by atoms with van der Waals surface area (Å²) >= 11 is 0. The quantitative estimate of drug-likeness (QED) is 0.771. The largest absolute Gasteiger partial charge is 0.497 e. The fourth-order valence-corrected chi connectivity index (χ4v) is 1.24. The zero-order valence-corrected chi connectivity index (χ0v) is 10.2. The summed E-state index contributed by atoms with van der Waals surface area (Å²) in [4.78, 5) is 21.9. The van der Waals surface area contributed by atoms with Gasteiger partial charge in [0.25, 0.3) is 0 Å². The summed E-state index contributed by atoms with van der Waals surface area (Å²) < 4.78 is 5.05. The molecule has 0 saturated heterocycles. The molecule has 1 aromatic carbocycles. The monoisotopic (exact) mass is 249 g/mol. The van der Waals surface area contributed by atoms with Crippen molar-refractivity contribution in [3.63, 3.8) is 0 Å². The molecule has 0 spiro atoms. The second-order valence-corrected chi connectivity index (χ2v) is 3.68. The van der Waals surface area contributed by atoms with Crippen molar-refractivity contribution in [3.05, 3.63) is 35.9 Å². The molecule has 1 rings (SSSR count). The van der Waals surface area contributed by atoms with Crippen molar-refractivity contribution in [2.24, 2.45) is 0 Å². The molecule has 0 fully saturated rings. The van der Waals surface area contributed by atoms with Gasteiger partial charge in [0.05, 0.1) is 7.11 Å². The van der Waals surface area contributed by atoms with Gasteiger partial charge in [0.2, 0.25) is 5.91 Å². The van der Waals surface area contributed by atoms with Gasteiger partial charge in [-0.05, 0) is 30.7 Å². The van der Waals surface area contributed by atoms with Crippen molar-refractivity contribution < 1.29 is 19.4 Å². The Morgan fingerprint density at radius 3 is 2.78 bits per heavy atom. The first-order valence-electron chi connectivity index (χ1n) is 5.38. The topological polar surface area (TPSA) is 75.6 Å². The normalized spacial score (nSPS) is 12.1. The Balaban J connectivity index is 2.63. The number of benzene rings is 1. The Kier molecular flexibility index (Phi) is 4.92. The Morgan fingerprint density at radius 1 is 1.44 bits per heavy atom. The molecule has 0 unspecified atom stereocenters. The zero-order chi connectivity index (χ0) is 13.5. The molecule has 0 aliphatic rings. The van der Waals surface area contributed by atoms with Crippen molar-refractivity contribution in [1.29, 1.82) is 0 Å². The predicted molar refractivity (Wildman–Crippen MR) is 67.3 cm³/mol. The second kappa shape index (κ2) is 6.44. The maximum Gasteiger partial charge on any atom is 0.325 e. The predicted octanol–water partition coefficient (Wildman–Crippen LogP) is 1.30. The summed E-state index contributed by atoms with van der Waals surface area (Å²) in [5.74, 6) is -0.831. The molecule has 0 aliphatic heterocycles. The number of carboxylic acid groups (broad SMARTS) is 1. The van der Waals surface area contributed by atoms with E-state index in [1.165, 1.54) is 13.0 Å². The maximum atomic E-state index is 11.4. The van der Waals surface area contributed by atoms with Gasteiger partial charge in [-0.3, -0.25) is 9.59 Å². The number of aliphatic carboxylic acids is 1. The Labute approximate surface area is 105 Å². The van der Waals surface area contributed by atoms with E-state index in [1.807, 2.05) is 6.07 Å². The number of ether oxygens (including phenoxy) is 1. The first-order valence-corrected chi connectivity index (χ1v) is 5.38. The van der Waals surface area contributed by atoms with E-state index >= 15 is 0 Å². The van der Waals surface area contributed by atoms with E-state index in [0.29, 0.717) is 5.75 Å². The number of nitrogens with one attached hydrogen (secondary N) is 1. The highest BCUT2D eigenvalue weighted by Gasteiger charge is 2.11. The zero-order valence-electron chi connectivity index (χ0n) is 10.2. The molecule has 1 amide bonds. The van der Waals surface area contributed by atoms with Gasteiger partial charge in [0.1, 0.15) is 11.8 Å². The third-order valence-electron chi connectivity index (χ3n) is 2.25. The third-order valence-corrected chi connectivity index (χ3v) is 2.25. The van der Waals surface area contributed by atoms with Crippen LogP contribution in [0.5, 0.6) is 5.75 Å². The van der Waals surface area contributed by atoms with Gasteiger partial charge in [-0.25, -0.2) is 0 Å². The van der Waals surface area contributed by atoms with Gasteiger partial charge in [-0.15, -0.1) is 0 Å². The van der Waals surface area contributed by atoms with Crippen molar-refractivity contribution in [2.75, 3.05) is 7.11 Å². The van der Waals surface area contributed by atoms with Crippen LogP contribution in [0.3, 0.4) is 0 Å². The molecule has 0 saturated carbocycles. The average Bonchev–Trinajstić information content (AvgIpc) is 2.36. The molecule has 18 heavy (non-hydrogen) atoms. The molecule has 0 aliphatic carbocycles. The lowest BCUT2D eigenvalue weighted by Gasteiger charge is -2.06. The lowest BCUT2D eigenvalue weighted by Crippen LogP contribution is -2.37. The van der Waals surface area contributed by atoms with Crippen LogP contribution in [-0.2, 0) is 9.59 Å². The van der Waals surface area contributed by atoms with Gasteiger partial charge < -0.3 is 15.2 Å². The highest BCUT2D eigenvalue weighted by atomic mass is 16.5. The molecule has 96 valence electrons. The minimum absolute atomic E-state index is 0.451. The first kappa shape index (κ1) is 13.8. The molecular formula is C13H15NO4. The minimum atomic E-state index is -1.07. The van der Waals surface area contributed by atoms with Crippen LogP contribution in [0, 0.1) is 0 Å². The van der Waals surface area contributed by atoms with E-state index in [2.05, 4.69) is 5.32 Å². The number of hydrogen-bond donors (Lipinski definition) is 2. The molecule has 5 nitrogen and oxygen atoms in total. The van der Waals surface area contributed by atoms with E-state index in [0.717, 1.165) is 5.56 Å². The van der Waals surface area contributed by atoms with Crippen LogP contribution in [0.4, 0.5) is 0 Å². The van der Waals surface area contributed by atoms with Gasteiger partial charge >= 0.3 is 5.97 Å². The Hall–Kier alpha value is -2.30. The van der Waals surface area contributed by atoms with Crippen LogP contribution < -0.4 is 10.1 Å². The summed E-state index contributed by atoms with van der Waals surface area (Å²) in [7, 11) is 1.56. The van der Waals surface area contributed by atoms with Gasteiger partial charge in [-0.2, -0.15) is 0 Å². The number of hydrogen-bond acceptors (Lipinski definition) is 3. The van der Waals surface area contributed by atoms with Gasteiger partial charge in [0, 0.05) is 6.08 Å². The van der Waals surface area contributed by atoms with Crippen LogP contribution in [0.15, 0.2) is 30.3 Å². The number of rotatable bonds is 5. The van der Waals surface area contributed by atoms with Crippen LogP contribution in [0.2, 0.25) is 0 Å². The molecule has 0 aromatic heterocycles. The van der Waals surface area contributed by atoms with Crippen molar-refractivity contribution >= 4 is 18.0 Å². The fraction of sp³-hybridized carbons (Fsp3) is 0.231. The number of carbonyl (C=O) groups excluding carboxylic acids is 1. The molecule has 2 N–H and O–H groups in total. The molecule has 1 aromatic rings. The SMILES string of the molecule is COc1cccc(C=CC(=O)N[C@H](C)C(=O)O)c1. The highest BCUT2D eigenvalue weighted by Crippen LogP contribution is 2.13. The van der Waals surface area contributed by atoms with E-state index in [-0.39, 0.29) is 0 Å². The van der Waals surface area contributed by atoms with Crippen molar-refractivity contribution in [1.82, 2.24) is 5.32 Å². The summed E-state index contributed by atoms with van der Waals surface area (Å²) in [5, 5.41) is 11.0. The van der Waals surface area contributed by atoms with E-state index in [9.17, 15) is 9.59 Å². The van der Waals surface area contributed by atoms with E-state index in [4.69, 9.17) is 9.84 Å². The van der Waals surface area contributed by atoms with Gasteiger partial charge in [0.15, 0.2) is 0 Å². The first-order chi connectivity index (χ1) is 8.52. The smallest absolute Gasteiger partial charge is 0.325 e. The number of methoxy groups -OCH3 is 1. The molecule has 5 heteroatoms. The van der Waals surface area contributed by atoms with Crippen LogP contribution >= 0.6 is 0 Å². The Bertz CT molecular complexity index is 468. The van der Waals surface area contributed by atoms with Crippen LogP contribution in [0.25, 0.3) is 6.08 Å². The number of amides is 1. The standard InChI is InChI=1S/C13H15NO4/c1-9(13(16)17)14-12(15)7-6-10-4-3-5-11(8-10)18-2/h3-9H,1-2H3,(H,14,15)(H,16,17)/t9-/m1/s1. The van der Waals surface area contributed by atoms with Crippen molar-refractivity contribution in [2.45, 2.75) is 13.0 Å². The van der Waals surface area contributed by atoms with Crippen LogP contribution in [0.1, 0.15) is 12.5 Å². The maximum absolute atomic E-state index is 11.4. The lowest BCUT2D eigenvalue weighted by atomic mass is 10.2.